The predicted molar refractivity (Wildman–Crippen MR) is 123 cm³/mol. The minimum absolute atomic E-state index is 0.549. The highest BCUT2D eigenvalue weighted by atomic mass is 16.5. The molecule has 164 valence electrons. The first-order valence-electron chi connectivity index (χ1n) is 11.3. The summed E-state index contributed by atoms with van der Waals surface area (Å²) in [6, 6.07) is 10.4. The van der Waals surface area contributed by atoms with Gasteiger partial charge in [0.15, 0.2) is 5.96 Å². The topological polar surface area (TPSA) is 54.7 Å². The average molecular weight is 412 g/mol. The summed E-state index contributed by atoms with van der Waals surface area (Å²) >= 11 is 0. The van der Waals surface area contributed by atoms with Crippen LogP contribution in [-0.2, 0) is 37.8 Å². The third kappa shape index (κ3) is 5.63. The summed E-state index contributed by atoms with van der Waals surface area (Å²) in [7, 11) is 2.04. The summed E-state index contributed by atoms with van der Waals surface area (Å²) in [6.45, 7) is 11.6. The third-order valence-electron chi connectivity index (χ3n) is 5.80. The number of likely N-dealkylation sites (tertiary alicyclic amines) is 1. The second-order valence-electron chi connectivity index (χ2n) is 7.97. The molecule has 0 amide bonds. The molecule has 0 bridgehead atoms. The van der Waals surface area contributed by atoms with Crippen molar-refractivity contribution in [1.82, 2.24) is 20.0 Å². The van der Waals surface area contributed by atoms with Crippen LogP contribution in [0.5, 0.6) is 0 Å². The Balaban J connectivity index is 1.58. The number of aryl methyl sites for hydroxylation is 2. The summed E-state index contributed by atoms with van der Waals surface area (Å²) in [5.41, 5.74) is 4.99. The van der Waals surface area contributed by atoms with E-state index >= 15 is 0 Å². The van der Waals surface area contributed by atoms with E-state index in [1.54, 1.807) is 0 Å². The van der Waals surface area contributed by atoms with Gasteiger partial charge >= 0.3 is 0 Å². The highest BCUT2D eigenvalue weighted by molar-refractivity contribution is 5.80. The van der Waals surface area contributed by atoms with Crippen LogP contribution in [-0.4, -0.2) is 46.9 Å². The van der Waals surface area contributed by atoms with E-state index in [4.69, 9.17) is 9.73 Å². The Kier molecular flexibility index (Phi) is 8.31. The number of guanidine groups is 1. The fourth-order valence-corrected chi connectivity index (χ4v) is 4.23. The molecule has 0 radical (unpaired) electrons. The smallest absolute Gasteiger partial charge is 0.194 e. The van der Waals surface area contributed by atoms with Crippen molar-refractivity contribution < 1.29 is 4.74 Å². The number of nitrogens with zero attached hydrogens (tertiary/aromatic N) is 4. The molecule has 1 saturated heterocycles. The molecule has 0 aliphatic carbocycles. The van der Waals surface area contributed by atoms with E-state index in [0.29, 0.717) is 19.1 Å². The van der Waals surface area contributed by atoms with E-state index in [1.807, 2.05) is 17.8 Å². The van der Waals surface area contributed by atoms with Gasteiger partial charge in [0.2, 0.25) is 0 Å². The van der Waals surface area contributed by atoms with Crippen LogP contribution in [0.25, 0.3) is 0 Å². The summed E-state index contributed by atoms with van der Waals surface area (Å²) in [5.74, 6) is 1.56. The summed E-state index contributed by atoms with van der Waals surface area (Å²) < 4.78 is 8.01. The first kappa shape index (κ1) is 22.3. The maximum Gasteiger partial charge on any atom is 0.194 e. The quantitative estimate of drug-likeness (QED) is 0.506. The SMILES string of the molecule is CCNC(=NCc1c(CC)nn(C)c1CC)N1CCC(COCc2ccccc2)C1. The number of benzene rings is 1. The van der Waals surface area contributed by atoms with Gasteiger partial charge in [-0.05, 0) is 31.7 Å². The van der Waals surface area contributed by atoms with Crippen LogP contribution >= 0.6 is 0 Å². The maximum atomic E-state index is 5.99. The van der Waals surface area contributed by atoms with Gasteiger partial charge in [-0.2, -0.15) is 5.10 Å². The van der Waals surface area contributed by atoms with Crippen molar-refractivity contribution in [1.29, 1.82) is 0 Å². The van der Waals surface area contributed by atoms with Crippen LogP contribution in [0.3, 0.4) is 0 Å². The summed E-state index contributed by atoms with van der Waals surface area (Å²) in [6.07, 6.45) is 3.07. The van der Waals surface area contributed by atoms with Crippen molar-refractivity contribution >= 4 is 5.96 Å². The number of aliphatic imine (C=N–C) groups is 1. The monoisotopic (exact) mass is 411 g/mol. The largest absolute Gasteiger partial charge is 0.376 e. The van der Waals surface area contributed by atoms with Crippen LogP contribution in [0.15, 0.2) is 35.3 Å². The lowest BCUT2D eigenvalue weighted by Gasteiger charge is -2.22. The minimum Gasteiger partial charge on any atom is -0.376 e. The zero-order chi connectivity index (χ0) is 21.3. The molecule has 1 aliphatic rings. The van der Waals surface area contributed by atoms with Gasteiger partial charge in [-0.3, -0.25) is 4.68 Å². The highest BCUT2D eigenvalue weighted by Crippen LogP contribution is 2.20. The molecule has 1 aromatic carbocycles. The van der Waals surface area contributed by atoms with E-state index in [0.717, 1.165) is 51.5 Å². The average Bonchev–Trinajstić information content (AvgIpc) is 3.35. The Morgan fingerprint density at radius 3 is 2.70 bits per heavy atom. The molecule has 0 spiro atoms. The van der Waals surface area contributed by atoms with Gasteiger partial charge in [-0.15, -0.1) is 0 Å². The lowest BCUT2D eigenvalue weighted by Crippen LogP contribution is -2.40. The van der Waals surface area contributed by atoms with E-state index in [2.05, 4.69) is 60.4 Å². The molecule has 2 aromatic rings. The second-order valence-corrected chi connectivity index (χ2v) is 7.97. The number of nitrogens with one attached hydrogen (secondary N) is 1. The Hall–Kier alpha value is -2.34. The fourth-order valence-electron chi connectivity index (χ4n) is 4.23. The molecule has 2 heterocycles. The Morgan fingerprint density at radius 2 is 2.00 bits per heavy atom. The van der Waals surface area contributed by atoms with Gasteiger partial charge in [-0.25, -0.2) is 4.99 Å². The van der Waals surface area contributed by atoms with Crippen LogP contribution < -0.4 is 5.32 Å². The molecule has 0 saturated carbocycles. The molecule has 1 aromatic heterocycles. The molecule has 6 nitrogen and oxygen atoms in total. The number of hydrogen-bond donors (Lipinski definition) is 1. The van der Waals surface area contributed by atoms with Gasteiger partial charge < -0.3 is 15.0 Å². The third-order valence-corrected chi connectivity index (χ3v) is 5.80. The lowest BCUT2D eigenvalue weighted by molar-refractivity contribution is 0.0906. The van der Waals surface area contributed by atoms with Crippen molar-refractivity contribution in [2.24, 2.45) is 18.0 Å². The predicted octanol–water partition coefficient (Wildman–Crippen LogP) is 3.55. The molecule has 1 unspecified atom stereocenters. The van der Waals surface area contributed by atoms with Gasteiger partial charge in [-0.1, -0.05) is 44.2 Å². The van der Waals surface area contributed by atoms with Gasteiger partial charge in [0.25, 0.3) is 0 Å². The van der Waals surface area contributed by atoms with E-state index in [-0.39, 0.29) is 0 Å². The van der Waals surface area contributed by atoms with E-state index < -0.39 is 0 Å². The molecule has 1 N–H and O–H groups in total. The molecule has 6 heteroatoms. The molecule has 30 heavy (non-hydrogen) atoms. The molecule has 1 aliphatic heterocycles. The van der Waals surface area contributed by atoms with Crippen LogP contribution in [0.2, 0.25) is 0 Å². The first-order valence-corrected chi connectivity index (χ1v) is 11.3. The Morgan fingerprint density at radius 1 is 1.20 bits per heavy atom. The number of ether oxygens (including phenoxy) is 1. The molecule has 3 rings (SSSR count). The molecular weight excluding hydrogens is 374 g/mol. The van der Waals surface area contributed by atoms with E-state index in [9.17, 15) is 0 Å². The minimum atomic E-state index is 0.549. The molecular formula is C24H37N5O. The zero-order valence-corrected chi connectivity index (χ0v) is 19.0. The van der Waals surface area contributed by atoms with Gasteiger partial charge in [0.1, 0.15) is 0 Å². The number of hydrogen-bond acceptors (Lipinski definition) is 3. The standard InChI is InChI=1S/C24H37N5O/c1-5-22-21(23(6-2)28(4)27-22)15-26-24(25-7-3)29-14-13-20(16-29)18-30-17-19-11-9-8-10-12-19/h8-12,20H,5-7,13-18H2,1-4H3,(H,25,26). The van der Waals surface area contributed by atoms with Crippen molar-refractivity contribution in [3.8, 4) is 0 Å². The summed E-state index contributed by atoms with van der Waals surface area (Å²) in [5, 5.41) is 8.18. The maximum absolute atomic E-state index is 5.99. The number of aromatic nitrogens is 2. The van der Waals surface area contributed by atoms with Crippen LogP contribution in [0, 0.1) is 5.92 Å². The van der Waals surface area contributed by atoms with Crippen LogP contribution in [0.4, 0.5) is 0 Å². The highest BCUT2D eigenvalue weighted by Gasteiger charge is 2.25. The van der Waals surface area contributed by atoms with Crippen molar-refractivity contribution in [2.75, 3.05) is 26.2 Å². The van der Waals surface area contributed by atoms with Gasteiger partial charge in [0, 0.05) is 43.9 Å². The van der Waals surface area contributed by atoms with Crippen molar-refractivity contribution in [2.45, 2.75) is 53.2 Å². The Labute approximate surface area is 181 Å². The van der Waals surface area contributed by atoms with Crippen molar-refractivity contribution in [3.05, 3.63) is 52.8 Å². The fraction of sp³-hybridized carbons (Fsp3) is 0.583. The van der Waals surface area contributed by atoms with Crippen LogP contribution in [0.1, 0.15) is 49.7 Å². The normalized spacial score (nSPS) is 17.0. The lowest BCUT2D eigenvalue weighted by atomic mass is 10.1. The summed E-state index contributed by atoms with van der Waals surface area (Å²) in [4.78, 5) is 7.38. The first-order chi connectivity index (χ1) is 14.7. The molecule has 1 atom stereocenters. The zero-order valence-electron chi connectivity index (χ0n) is 19.0. The number of rotatable bonds is 9. The van der Waals surface area contributed by atoms with E-state index in [1.165, 1.54) is 22.5 Å². The second kappa shape index (κ2) is 11.2. The van der Waals surface area contributed by atoms with Crippen molar-refractivity contribution in [3.63, 3.8) is 0 Å². The Bertz CT molecular complexity index is 815. The van der Waals surface area contributed by atoms with Gasteiger partial charge in [0.05, 0.1) is 25.5 Å². The molecule has 1 fully saturated rings.